The van der Waals surface area contributed by atoms with E-state index in [4.69, 9.17) is 33.7 Å². The van der Waals surface area contributed by atoms with Gasteiger partial charge in [0.05, 0.1) is 15.7 Å². The van der Waals surface area contributed by atoms with Crippen LogP contribution in [0.4, 0.5) is 10.5 Å². The van der Waals surface area contributed by atoms with Crippen molar-refractivity contribution < 1.29 is 19.7 Å². The third-order valence-electron chi connectivity index (χ3n) is 5.62. The van der Waals surface area contributed by atoms with Crippen molar-refractivity contribution in [2.45, 2.75) is 18.1 Å². The zero-order chi connectivity index (χ0) is 22.8. The predicted molar refractivity (Wildman–Crippen MR) is 125 cm³/mol. The maximum atomic E-state index is 12.3. The normalized spacial score (nSPS) is 14.4. The van der Waals surface area contributed by atoms with Gasteiger partial charge in [-0.2, -0.15) is 0 Å². The smallest absolute Gasteiger partial charge is 0.407 e. The molecule has 1 aliphatic carbocycles. The molecule has 0 saturated carbocycles. The van der Waals surface area contributed by atoms with E-state index in [1.165, 1.54) is 12.1 Å². The first-order valence-corrected chi connectivity index (χ1v) is 10.8. The molecule has 3 aromatic rings. The minimum absolute atomic E-state index is 0.0550. The number of benzene rings is 3. The molecule has 3 aromatic carbocycles. The summed E-state index contributed by atoms with van der Waals surface area (Å²) < 4.78 is 5.43. The fourth-order valence-corrected chi connectivity index (χ4v) is 4.42. The van der Waals surface area contributed by atoms with Gasteiger partial charge in [-0.25, -0.2) is 4.79 Å². The molecule has 4 rings (SSSR count). The molecule has 2 atom stereocenters. The Morgan fingerprint density at radius 2 is 1.56 bits per heavy atom. The van der Waals surface area contributed by atoms with Crippen molar-refractivity contribution in [3.8, 4) is 11.1 Å². The Hall–Kier alpha value is -2.77. The number of alkyl carbamates (subject to hydrolysis) is 1. The van der Waals surface area contributed by atoms with Crippen LogP contribution < -0.4 is 11.1 Å². The van der Waals surface area contributed by atoms with E-state index in [9.17, 15) is 15.0 Å². The molecule has 6 nitrogen and oxygen atoms in total. The lowest BCUT2D eigenvalue weighted by molar-refractivity contribution is 0.0186. The molecule has 0 heterocycles. The van der Waals surface area contributed by atoms with Crippen LogP contribution in [0, 0.1) is 0 Å². The number of hydrogen-bond acceptors (Lipinski definition) is 5. The number of nitrogens with two attached hydrogens (primary N) is 1. The summed E-state index contributed by atoms with van der Waals surface area (Å²) in [6.07, 6.45) is -3.39. The molecule has 1 aliphatic rings. The summed E-state index contributed by atoms with van der Waals surface area (Å²) in [5.74, 6) is -0.0700. The SMILES string of the molecule is Nc1ccc(C(O)C(O)CNC(=O)OCC2c3ccccc3-c3ccccc32)c(Cl)c1Cl. The second kappa shape index (κ2) is 9.38. The van der Waals surface area contributed by atoms with E-state index in [1.807, 2.05) is 36.4 Å². The third-order valence-corrected chi connectivity index (χ3v) is 6.54. The Bertz CT molecular complexity index is 1110. The number of amides is 1. The summed E-state index contributed by atoms with van der Waals surface area (Å²) in [5.41, 5.74) is 10.6. The number of halogens is 2. The molecule has 0 bridgehead atoms. The molecule has 0 aromatic heterocycles. The number of nitrogen functional groups attached to an aromatic ring is 1. The Balaban J connectivity index is 1.36. The number of carbonyl (C=O) groups excluding carboxylic acids is 1. The Morgan fingerprint density at radius 3 is 2.19 bits per heavy atom. The van der Waals surface area contributed by atoms with Gasteiger partial charge in [0.25, 0.3) is 0 Å². The van der Waals surface area contributed by atoms with Crippen molar-refractivity contribution in [3.05, 3.63) is 87.4 Å². The van der Waals surface area contributed by atoms with Crippen LogP contribution in [0.5, 0.6) is 0 Å². The number of ether oxygens (including phenoxy) is 1. The Kier molecular flexibility index (Phi) is 6.58. The highest BCUT2D eigenvalue weighted by Crippen LogP contribution is 2.44. The second-order valence-corrected chi connectivity index (χ2v) is 8.35. The molecule has 0 radical (unpaired) electrons. The lowest BCUT2D eigenvalue weighted by atomic mass is 9.98. The van der Waals surface area contributed by atoms with Gasteiger partial charge in [0.2, 0.25) is 0 Å². The Labute approximate surface area is 195 Å². The summed E-state index contributed by atoms with van der Waals surface area (Å²) in [7, 11) is 0. The van der Waals surface area contributed by atoms with Crippen molar-refractivity contribution in [2.75, 3.05) is 18.9 Å². The van der Waals surface area contributed by atoms with Crippen LogP contribution in [0.25, 0.3) is 11.1 Å². The molecular weight excluding hydrogens is 451 g/mol. The number of aliphatic hydroxyl groups is 2. The molecule has 1 amide bonds. The van der Waals surface area contributed by atoms with Crippen LogP contribution in [0.15, 0.2) is 60.7 Å². The average Bonchev–Trinajstić information content (AvgIpc) is 3.13. The number of aliphatic hydroxyl groups excluding tert-OH is 2. The molecule has 0 fully saturated rings. The van der Waals surface area contributed by atoms with Gasteiger partial charge in [0.1, 0.15) is 18.8 Å². The number of carbonyl (C=O) groups is 1. The summed E-state index contributed by atoms with van der Waals surface area (Å²) in [4.78, 5) is 12.3. The van der Waals surface area contributed by atoms with Gasteiger partial charge in [0.15, 0.2) is 0 Å². The minimum Gasteiger partial charge on any atom is -0.449 e. The van der Waals surface area contributed by atoms with E-state index in [0.29, 0.717) is 0 Å². The first-order chi connectivity index (χ1) is 15.4. The zero-order valence-corrected chi connectivity index (χ0v) is 18.5. The monoisotopic (exact) mass is 472 g/mol. The van der Waals surface area contributed by atoms with Crippen LogP contribution in [-0.2, 0) is 4.74 Å². The molecule has 8 heteroatoms. The maximum Gasteiger partial charge on any atom is 0.407 e. The van der Waals surface area contributed by atoms with Crippen LogP contribution >= 0.6 is 23.2 Å². The fraction of sp³-hybridized carbons (Fsp3) is 0.208. The summed E-state index contributed by atoms with van der Waals surface area (Å²) in [6.45, 7) is -0.0892. The molecule has 0 spiro atoms. The first kappa shape index (κ1) is 22.4. The van der Waals surface area contributed by atoms with Gasteiger partial charge in [-0.1, -0.05) is 77.8 Å². The number of rotatable bonds is 6. The maximum absolute atomic E-state index is 12.3. The van der Waals surface area contributed by atoms with E-state index in [-0.39, 0.29) is 40.4 Å². The predicted octanol–water partition coefficient (Wildman–Crippen LogP) is 4.51. The van der Waals surface area contributed by atoms with E-state index in [0.717, 1.165) is 22.3 Å². The van der Waals surface area contributed by atoms with Crippen LogP contribution in [0.2, 0.25) is 10.0 Å². The fourth-order valence-electron chi connectivity index (χ4n) is 3.96. The van der Waals surface area contributed by atoms with Gasteiger partial charge in [-0.3, -0.25) is 0 Å². The highest BCUT2D eigenvalue weighted by Gasteiger charge is 2.29. The Morgan fingerprint density at radius 1 is 0.969 bits per heavy atom. The van der Waals surface area contributed by atoms with Gasteiger partial charge in [-0.05, 0) is 28.3 Å². The standard InChI is InChI=1S/C24H22Cl2N2O4/c25-21-17(9-10-19(27)22(21)26)23(30)20(29)11-28-24(31)32-12-18-15-7-3-1-5-13(15)14-6-2-4-8-16(14)18/h1-10,18,20,23,29-30H,11-12,27H2,(H,28,31). The lowest BCUT2D eigenvalue weighted by Gasteiger charge is -2.21. The number of fused-ring (bicyclic) bond motifs is 3. The second-order valence-electron chi connectivity index (χ2n) is 7.59. The topological polar surface area (TPSA) is 105 Å². The highest BCUT2D eigenvalue weighted by atomic mass is 35.5. The van der Waals surface area contributed by atoms with Gasteiger partial charge < -0.3 is 26.0 Å². The molecule has 5 N–H and O–H groups in total. The van der Waals surface area contributed by atoms with Gasteiger partial charge in [-0.15, -0.1) is 0 Å². The lowest BCUT2D eigenvalue weighted by Crippen LogP contribution is -2.36. The molecule has 0 saturated heterocycles. The number of nitrogens with one attached hydrogen (secondary N) is 1. The molecular formula is C24H22Cl2N2O4. The number of anilines is 1. The van der Waals surface area contributed by atoms with E-state index >= 15 is 0 Å². The molecule has 32 heavy (non-hydrogen) atoms. The van der Waals surface area contributed by atoms with Crippen LogP contribution in [0.3, 0.4) is 0 Å². The van der Waals surface area contributed by atoms with Crippen molar-refractivity contribution in [1.29, 1.82) is 0 Å². The summed E-state index contributed by atoms with van der Waals surface area (Å²) in [6, 6.07) is 19.0. The minimum atomic E-state index is -1.37. The van der Waals surface area contributed by atoms with Crippen molar-refractivity contribution >= 4 is 35.0 Å². The van der Waals surface area contributed by atoms with Crippen molar-refractivity contribution in [2.24, 2.45) is 0 Å². The van der Waals surface area contributed by atoms with Gasteiger partial charge in [0, 0.05) is 18.0 Å². The van der Waals surface area contributed by atoms with Gasteiger partial charge >= 0.3 is 6.09 Å². The number of hydrogen-bond donors (Lipinski definition) is 4. The highest BCUT2D eigenvalue weighted by molar-refractivity contribution is 6.44. The molecule has 0 aliphatic heterocycles. The molecule has 2 unspecified atom stereocenters. The van der Waals surface area contributed by atoms with E-state index < -0.39 is 18.3 Å². The van der Waals surface area contributed by atoms with Crippen LogP contribution in [0.1, 0.15) is 28.7 Å². The summed E-state index contributed by atoms with van der Waals surface area (Å²) >= 11 is 12.1. The third kappa shape index (κ3) is 4.27. The summed E-state index contributed by atoms with van der Waals surface area (Å²) in [5, 5.41) is 23.3. The van der Waals surface area contributed by atoms with Crippen molar-refractivity contribution in [1.82, 2.24) is 5.32 Å². The van der Waals surface area contributed by atoms with E-state index in [2.05, 4.69) is 17.4 Å². The quantitative estimate of drug-likeness (QED) is 0.395. The van der Waals surface area contributed by atoms with Crippen LogP contribution in [-0.4, -0.2) is 35.6 Å². The largest absolute Gasteiger partial charge is 0.449 e. The molecule has 166 valence electrons. The van der Waals surface area contributed by atoms with E-state index in [1.54, 1.807) is 0 Å². The first-order valence-electron chi connectivity index (χ1n) is 10.1. The van der Waals surface area contributed by atoms with Crippen molar-refractivity contribution in [3.63, 3.8) is 0 Å². The zero-order valence-electron chi connectivity index (χ0n) is 17.0. The average molecular weight is 473 g/mol.